The monoisotopic (exact) mass is 464 g/mol. The number of nitro groups is 1. The molecule has 4 rings (SSSR count). The molecule has 2 heterocycles. The van der Waals surface area contributed by atoms with Crippen LogP contribution in [0.2, 0.25) is 0 Å². The van der Waals surface area contributed by atoms with Gasteiger partial charge in [0.25, 0.3) is 11.6 Å². The van der Waals surface area contributed by atoms with Crippen molar-refractivity contribution < 1.29 is 9.72 Å². The number of amides is 1. The van der Waals surface area contributed by atoms with Gasteiger partial charge in [-0.05, 0) is 43.5 Å². The van der Waals surface area contributed by atoms with Crippen molar-refractivity contribution >= 4 is 35.0 Å². The molecule has 3 aromatic rings. The summed E-state index contributed by atoms with van der Waals surface area (Å²) in [5, 5.41) is 22.8. The average molecular weight is 465 g/mol. The normalized spacial score (nSPS) is 15.1. The third kappa shape index (κ3) is 4.75. The molecule has 0 fully saturated rings. The van der Waals surface area contributed by atoms with Crippen LogP contribution >= 0.6 is 11.8 Å². The minimum absolute atomic E-state index is 0.0515. The highest BCUT2D eigenvalue weighted by Crippen LogP contribution is 2.37. The third-order valence-corrected chi connectivity index (χ3v) is 6.23. The Labute approximate surface area is 195 Å². The number of allylic oxidation sites excluding steroid dienone is 1. The van der Waals surface area contributed by atoms with Gasteiger partial charge >= 0.3 is 0 Å². The highest BCUT2D eigenvalue weighted by molar-refractivity contribution is 7.99. The molecule has 1 aliphatic rings. The Morgan fingerprint density at radius 2 is 2.03 bits per heavy atom. The molecule has 1 amide bonds. The molecule has 0 radical (unpaired) electrons. The van der Waals surface area contributed by atoms with Crippen LogP contribution in [0.4, 0.5) is 17.3 Å². The van der Waals surface area contributed by atoms with Gasteiger partial charge in [-0.2, -0.15) is 4.98 Å². The van der Waals surface area contributed by atoms with Crippen LogP contribution in [0.3, 0.4) is 0 Å². The van der Waals surface area contributed by atoms with Gasteiger partial charge in [0, 0.05) is 29.3 Å². The van der Waals surface area contributed by atoms with Gasteiger partial charge in [0.05, 0.1) is 10.5 Å². The lowest BCUT2D eigenvalue weighted by Crippen LogP contribution is -2.31. The van der Waals surface area contributed by atoms with E-state index in [2.05, 4.69) is 27.6 Å². The lowest BCUT2D eigenvalue weighted by molar-refractivity contribution is -0.384. The third-order valence-electron chi connectivity index (χ3n) is 5.19. The average Bonchev–Trinajstić information content (AvgIpc) is 3.19. The number of non-ortho nitro benzene ring substituents is 1. The fourth-order valence-electron chi connectivity index (χ4n) is 3.72. The predicted molar refractivity (Wildman–Crippen MR) is 128 cm³/mol. The number of rotatable bonds is 7. The highest BCUT2D eigenvalue weighted by atomic mass is 32.2. The SMILES string of the molecule is CCCSc1nc2n(n1)C(c1cccc([N+](=O)[O-])c1)C(C(=O)Nc1cccc(C)c1)=C(C)N2. The minimum atomic E-state index is -0.672. The summed E-state index contributed by atoms with van der Waals surface area (Å²) in [5.74, 6) is 1.04. The maximum Gasteiger partial charge on any atom is 0.269 e. The Balaban J connectivity index is 1.79. The fourth-order valence-corrected chi connectivity index (χ4v) is 4.40. The quantitative estimate of drug-likeness (QED) is 0.289. The van der Waals surface area contributed by atoms with Gasteiger partial charge in [-0.15, -0.1) is 5.10 Å². The number of aromatic nitrogens is 3. The largest absolute Gasteiger partial charge is 0.328 e. The van der Waals surface area contributed by atoms with Gasteiger partial charge in [-0.25, -0.2) is 4.68 Å². The summed E-state index contributed by atoms with van der Waals surface area (Å²) in [6, 6.07) is 13.1. The van der Waals surface area contributed by atoms with Gasteiger partial charge < -0.3 is 10.6 Å². The summed E-state index contributed by atoms with van der Waals surface area (Å²) in [6.07, 6.45) is 0.970. The maximum atomic E-state index is 13.5. The van der Waals surface area contributed by atoms with Crippen LogP contribution in [0.15, 0.2) is 65.0 Å². The van der Waals surface area contributed by atoms with E-state index in [1.165, 1.54) is 23.9 Å². The van der Waals surface area contributed by atoms with Crippen molar-refractivity contribution in [2.75, 3.05) is 16.4 Å². The lowest BCUT2D eigenvalue weighted by Gasteiger charge is -2.28. The Hall–Kier alpha value is -3.66. The zero-order valence-electron chi connectivity index (χ0n) is 18.5. The molecule has 0 bridgehead atoms. The standard InChI is InChI=1S/C23H24N6O3S/c1-4-11-33-23-26-22-24-15(3)19(21(30)25-17-9-5-7-14(2)12-17)20(28(22)27-23)16-8-6-10-18(13-16)29(31)32/h5-10,12-13,20H,4,11H2,1-3H3,(H,25,30)(H,24,26,27). The van der Waals surface area contributed by atoms with Gasteiger partial charge in [-0.3, -0.25) is 14.9 Å². The number of hydrogen-bond acceptors (Lipinski definition) is 7. The number of thioether (sulfide) groups is 1. The van der Waals surface area contributed by atoms with E-state index >= 15 is 0 Å². The van der Waals surface area contributed by atoms with Gasteiger partial charge in [0.15, 0.2) is 0 Å². The molecule has 10 heteroatoms. The Morgan fingerprint density at radius 1 is 1.24 bits per heavy atom. The first-order valence-electron chi connectivity index (χ1n) is 10.6. The van der Waals surface area contributed by atoms with E-state index in [1.54, 1.807) is 23.7 Å². The van der Waals surface area contributed by atoms with Crippen molar-refractivity contribution in [3.63, 3.8) is 0 Å². The van der Waals surface area contributed by atoms with Crippen molar-refractivity contribution in [2.24, 2.45) is 0 Å². The predicted octanol–water partition coefficient (Wildman–Crippen LogP) is 4.92. The van der Waals surface area contributed by atoms with Crippen LogP contribution in [0.25, 0.3) is 0 Å². The molecular formula is C23H24N6O3S. The zero-order valence-corrected chi connectivity index (χ0v) is 19.3. The minimum Gasteiger partial charge on any atom is -0.328 e. The van der Waals surface area contributed by atoms with Crippen molar-refractivity contribution in [3.05, 3.63) is 81.0 Å². The van der Waals surface area contributed by atoms with Crippen LogP contribution in [-0.4, -0.2) is 31.3 Å². The summed E-state index contributed by atoms with van der Waals surface area (Å²) in [4.78, 5) is 29.0. The van der Waals surface area contributed by atoms with E-state index in [-0.39, 0.29) is 11.6 Å². The van der Waals surface area contributed by atoms with Gasteiger partial charge in [0.1, 0.15) is 6.04 Å². The summed E-state index contributed by atoms with van der Waals surface area (Å²) < 4.78 is 1.63. The second-order valence-corrected chi connectivity index (χ2v) is 8.81. The number of nitrogens with one attached hydrogen (secondary N) is 2. The van der Waals surface area contributed by atoms with Gasteiger partial charge in [-0.1, -0.05) is 43.0 Å². The van der Waals surface area contributed by atoms with Crippen molar-refractivity contribution in [1.82, 2.24) is 14.8 Å². The zero-order chi connectivity index (χ0) is 23.5. The van der Waals surface area contributed by atoms with Crippen LogP contribution < -0.4 is 10.6 Å². The number of aryl methyl sites for hydroxylation is 1. The molecule has 0 spiro atoms. The number of hydrogen-bond donors (Lipinski definition) is 2. The van der Waals surface area contributed by atoms with E-state index in [1.807, 2.05) is 31.2 Å². The first-order chi connectivity index (χ1) is 15.9. The number of nitro benzene ring substituents is 1. The van der Waals surface area contributed by atoms with Gasteiger partial charge in [0.2, 0.25) is 11.1 Å². The Morgan fingerprint density at radius 3 is 2.76 bits per heavy atom. The molecule has 0 saturated carbocycles. The van der Waals surface area contributed by atoms with E-state index in [0.717, 1.165) is 17.7 Å². The highest BCUT2D eigenvalue weighted by Gasteiger charge is 2.35. The van der Waals surface area contributed by atoms with Crippen LogP contribution in [0.1, 0.15) is 37.4 Å². The molecule has 33 heavy (non-hydrogen) atoms. The molecule has 1 aromatic heterocycles. The molecule has 0 aliphatic carbocycles. The molecule has 1 atom stereocenters. The Kier molecular flexibility index (Phi) is 6.45. The van der Waals surface area contributed by atoms with Crippen molar-refractivity contribution in [1.29, 1.82) is 0 Å². The topological polar surface area (TPSA) is 115 Å². The van der Waals surface area contributed by atoms with Crippen LogP contribution in [0.5, 0.6) is 0 Å². The number of anilines is 2. The second kappa shape index (κ2) is 9.45. The Bertz CT molecular complexity index is 1250. The summed E-state index contributed by atoms with van der Waals surface area (Å²) >= 11 is 1.52. The summed E-state index contributed by atoms with van der Waals surface area (Å²) in [7, 11) is 0. The van der Waals surface area contributed by atoms with Crippen molar-refractivity contribution in [2.45, 2.75) is 38.4 Å². The summed E-state index contributed by atoms with van der Waals surface area (Å²) in [6.45, 7) is 5.82. The van der Waals surface area contributed by atoms with E-state index in [4.69, 9.17) is 0 Å². The smallest absolute Gasteiger partial charge is 0.269 e. The first kappa shape index (κ1) is 22.5. The van der Waals surface area contributed by atoms with Crippen molar-refractivity contribution in [3.8, 4) is 0 Å². The van der Waals surface area contributed by atoms with E-state index in [0.29, 0.717) is 33.6 Å². The van der Waals surface area contributed by atoms with Crippen LogP contribution in [0, 0.1) is 17.0 Å². The number of carbonyl (C=O) groups is 1. The molecule has 1 aliphatic heterocycles. The number of benzene rings is 2. The van der Waals surface area contributed by atoms with E-state index < -0.39 is 11.0 Å². The second-order valence-electron chi connectivity index (χ2n) is 7.75. The lowest BCUT2D eigenvalue weighted by atomic mass is 9.94. The van der Waals surface area contributed by atoms with E-state index in [9.17, 15) is 14.9 Å². The molecule has 1 unspecified atom stereocenters. The molecule has 2 N–H and O–H groups in total. The fraction of sp³-hybridized carbons (Fsp3) is 0.261. The maximum absolute atomic E-state index is 13.5. The molecular weight excluding hydrogens is 440 g/mol. The summed E-state index contributed by atoms with van der Waals surface area (Å²) in [5.41, 5.74) is 3.25. The van der Waals surface area contributed by atoms with Crippen LogP contribution in [-0.2, 0) is 4.79 Å². The number of nitrogens with zero attached hydrogens (tertiary/aromatic N) is 4. The first-order valence-corrected chi connectivity index (χ1v) is 11.6. The number of fused-ring (bicyclic) bond motifs is 1. The number of carbonyl (C=O) groups excluding carboxylic acids is 1. The molecule has 2 aromatic carbocycles. The molecule has 170 valence electrons. The molecule has 9 nitrogen and oxygen atoms in total. The molecule has 0 saturated heterocycles.